The van der Waals surface area contributed by atoms with E-state index in [4.69, 9.17) is 0 Å². The highest BCUT2D eigenvalue weighted by Crippen LogP contribution is 2.19. The van der Waals surface area contributed by atoms with Crippen molar-refractivity contribution in [3.8, 4) is 12.0 Å². The molecule has 2 heterocycles. The van der Waals surface area contributed by atoms with E-state index in [1.165, 1.54) is 6.21 Å². The molecule has 0 radical (unpaired) electrons. The third-order valence-electron chi connectivity index (χ3n) is 4.46. The highest BCUT2D eigenvalue weighted by Gasteiger charge is 2.15. The molecule has 7 heteroatoms. The standard InChI is InChI=1S/C22H20N6O/c1-15-23-13-20(25-15)22(29)26-17-6-4-5-16(11-17)9-10-28-14-24-19-12-18(27(2)3)7-8-21(19)28/h4-8,11-15H,1-3H3,(H,26,29). The molecule has 0 spiro atoms. The first-order valence-electron chi connectivity index (χ1n) is 9.18. The van der Waals surface area contributed by atoms with Gasteiger partial charge in [-0.2, -0.15) is 0 Å². The molecular formula is C22H20N6O. The molecule has 7 nitrogen and oxygen atoms in total. The third kappa shape index (κ3) is 4.01. The molecule has 1 amide bonds. The van der Waals surface area contributed by atoms with E-state index in [-0.39, 0.29) is 12.1 Å². The van der Waals surface area contributed by atoms with Crippen LogP contribution in [0.5, 0.6) is 0 Å². The molecule has 2 aromatic carbocycles. The molecule has 1 N–H and O–H groups in total. The van der Waals surface area contributed by atoms with E-state index in [1.807, 2.05) is 68.4 Å². The van der Waals surface area contributed by atoms with Crippen molar-refractivity contribution in [2.75, 3.05) is 24.3 Å². The van der Waals surface area contributed by atoms with Crippen molar-refractivity contribution < 1.29 is 4.79 Å². The Balaban J connectivity index is 1.54. The zero-order valence-electron chi connectivity index (χ0n) is 16.4. The van der Waals surface area contributed by atoms with E-state index in [2.05, 4.69) is 32.3 Å². The van der Waals surface area contributed by atoms with E-state index in [9.17, 15) is 4.79 Å². The second-order valence-electron chi connectivity index (χ2n) is 6.88. The van der Waals surface area contributed by atoms with Crippen molar-refractivity contribution in [3.05, 3.63) is 54.4 Å². The molecule has 0 saturated carbocycles. The van der Waals surface area contributed by atoms with Gasteiger partial charge in [-0.05, 0) is 49.2 Å². The second kappa shape index (κ2) is 7.60. The summed E-state index contributed by atoms with van der Waals surface area (Å²) in [6, 6.07) is 16.6. The quantitative estimate of drug-likeness (QED) is 0.706. The van der Waals surface area contributed by atoms with Crippen LogP contribution in [0.3, 0.4) is 0 Å². The predicted octanol–water partition coefficient (Wildman–Crippen LogP) is 2.77. The Kier molecular flexibility index (Phi) is 4.83. The van der Waals surface area contributed by atoms with Crippen molar-refractivity contribution in [2.24, 2.45) is 9.98 Å². The molecule has 4 rings (SSSR count). The molecule has 0 aliphatic carbocycles. The summed E-state index contributed by atoms with van der Waals surface area (Å²) in [6.45, 7) is 1.83. The summed E-state index contributed by atoms with van der Waals surface area (Å²) < 4.78 is 1.80. The van der Waals surface area contributed by atoms with Gasteiger partial charge < -0.3 is 10.2 Å². The Morgan fingerprint density at radius 3 is 2.83 bits per heavy atom. The van der Waals surface area contributed by atoms with Crippen LogP contribution in [0.25, 0.3) is 11.0 Å². The zero-order chi connectivity index (χ0) is 20.4. The first-order valence-corrected chi connectivity index (χ1v) is 9.18. The van der Waals surface area contributed by atoms with E-state index < -0.39 is 0 Å². The maximum atomic E-state index is 12.3. The number of aromatic nitrogens is 2. The van der Waals surface area contributed by atoms with Crippen molar-refractivity contribution in [1.29, 1.82) is 0 Å². The van der Waals surface area contributed by atoms with Crippen LogP contribution in [0.15, 0.2) is 58.8 Å². The molecule has 3 aromatic rings. The molecule has 1 atom stereocenters. The second-order valence-corrected chi connectivity index (χ2v) is 6.88. The topological polar surface area (TPSA) is 74.9 Å². The van der Waals surface area contributed by atoms with Gasteiger partial charge in [0.15, 0.2) is 0 Å². The van der Waals surface area contributed by atoms with Crippen molar-refractivity contribution in [2.45, 2.75) is 13.1 Å². The van der Waals surface area contributed by atoms with Gasteiger partial charge in [0.05, 0.1) is 17.2 Å². The number of anilines is 2. The Hall–Kier alpha value is -3.92. The van der Waals surface area contributed by atoms with Gasteiger partial charge in [-0.25, -0.2) is 4.98 Å². The number of hydrogen-bond acceptors (Lipinski definition) is 5. The number of rotatable bonds is 3. The fourth-order valence-electron chi connectivity index (χ4n) is 2.93. The van der Waals surface area contributed by atoms with Gasteiger partial charge in [-0.1, -0.05) is 6.07 Å². The Bertz CT molecular complexity index is 1210. The van der Waals surface area contributed by atoms with Gasteiger partial charge in [0.25, 0.3) is 5.91 Å². The largest absolute Gasteiger partial charge is 0.378 e. The number of benzene rings is 2. The predicted molar refractivity (Wildman–Crippen MR) is 117 cm³/mol. The van der Waals surface area contributed by atoms with Gasteiger partial charge in [0.1, 0.15) is 18.2 Å². The molecule has 1 aromatic heterocycles. The summed E-state index contributed by atoms with van der Waals surface area (Å²) in [7, 11) is 3.99. The molecule has 0 saturated heterocycles. The summed E-state index contributed by atoms with van der Waals surface area (Å²) in [5.41, 5.74) is 4.69. The van der Waals surface area contributed by atoms with Crippen LogP contribution in [0.4, 0.5) is 11.4 Å². The highest BCUT2D eigenvalue weighted by atomic mass is 16.1. The normalized spacial score (nSPS) is 15.0. The van der Waals surface area contributed by atoms with Crippen LogP contribution >= 0.6 is 0 Å². The van der Waals surface area contributed by atoms with Crippen molar-refractivity contribution in [1.82, 2.24) is 9.55 Å². The average molecular weight is 384 g/mol. The van der Waals surface area contributed by atoms with Gasteiger partial charge >= 0.3 is 0 Å². The molecular weight excluding hydrogens is 364 g/mol. The van der Waals surface area contributed by atoms with E-state index in [0.717, 1.165) is 22.3 Å². The minimum atomic E-state index is -0.277. The van der Waals surface area contributed by atoms with E-state index in [0.29, 0.717) is 11.4 Å². The minimum Gasteiger partial charge on any atom is -0.378 e. The number of carbonyl (C=O) groups is 1. The summed E-state index contributed by atoms with van der Waals surface area (Å²) in [4.78, 5) is 27.0. The minimum absolute atomic E-state index is 0.202. The molecule has 0 fully saturated rings. The lowest BCUT2D eigenvalue weighted by atomic mass is 10.2. The monoisotopic (exact) mass is 384 g/mol. The zero-order valence-corrected chi connectivity index (χ0v) is 16.4. The Morgan fingerprint density at radius 2 is 2.07 bits per heavy atom. The number of amides is 1. The number of nitrogens with one attached hydrogen (secondary N) is 1. The Labute approximate surface area is 168 Å². The van der Waals surface area contributed by atoms with Crippen LogP contribution in [0.2, 0.25) is 0 Å². The molecule has 144 valence electrons. The highest BCUT2D eigenvalue weighted by molar-refractivity contribution is 6.63. The lowest BCUT2D eigenvalue weighted by molar-refractivity contribution is -0.110. The maximum absolute atomic E-state index is 12.3. The summed E-state index contributed by atoms with van der Waals surface area (Å²) in [5, 5.41) is 2.83. The molecule has 0 bridgehead atoms. The van der Waals surface area contributed by atoms with Crippen LogP contribution in [-0.4, -0.2) is 47.6 Å². The summed E-state index contributed by atoms with van der Waals surface area (Å²) in [5.74, 6) is 2.84. The fourth-order valence-corrected chi connectivity index (χ4v) is 2.93. The number of aliphatic imine (C=N–C) groups is 2. The summed E-state index contributed by atoms with van der Waals surface area (Å²) >= 11 is 0. The van der Waals surface area contributed by atoms with Crippen LogP contribution in [-0.2, 0) is 4.79 Å². The smallest absolute Gasteiger partial charge is 0.275 e. The average Bonchev–Trinajstić information content (AvgIpc) is 3.32. The maximum Gasteiger partial charge on any atom is 0.275 e. The van der Waals surface area contributed by atoms with E-state index >= 15 is 0 Å². The first kappa shape index (κ1) is 18.4. The Morgan fingerprint density at radius 1 is 1.21 bits per heavy atom. The van der Waals surface area contributed by atoms with Crippen LogP contribution < -0.4 is 10.2 Å². The van der Waals surface area contributed by atoms with Gasteiger partial charge in [0.2, 0.25) is 0 Å². The molecule has 1 aliphatic heterocycles. The van der Waals surface area contributed by atoms with Crippen LogP contribution in [0, 0.1) is 12.0 Å². The van der Waals surface area contributed by atoms with E-state index in [1.54, 1.807) is 10.9 Å². The lowest BCUT2D eigenvalue weighted by Crippen LogP contribution is -2.22. The number of imidazole rings is 1. The number of nitrogens with zero attached hydrogens (tertiary/aromatic N) is 5. The lowest BCUT2D eigenvalue weighted by Gasteiger charge is -2.11. The van der Waals surface area contributed by atoms with Gasteiger partial charge in [0, 0.05) is 37.1 Å². The first-order chi connectivity index (χ1) is 14.0. The summed E-state index contributed by atoms with van der Waals surface area (Å²) in [6.07, 6.45) is 3.00. The SMILES string of the molecule is CC1N=CC(C(=O)Nc2cccc(C#Cn3cnc4cc(N(C)C)ccc43)c2)=N1. The van der Waals surface area contributed by atoms with Crippen molar-refractivity contribution >= 4 is 40.2 Å². The molecule has 1 unspecified atom stereocenters. The fraction of sp³-hybridized carbons (Fsp3) is 0.182. The third-order valence-corrected chi connectivity index (χ3v) is 4.46. The molecule has 1 aliphatic rings. The molecule has 29 heavy (non-hydrogen) atoms. The number of hydrogen-bond donors (Lipinski definition) is 1. The number of fused-ring (bicyclic) bond motifs is 1. The van der Waals surface area contributed by atoms with Gasteiger partial charge in [-0.15, -0.1) is 0 Å². The van der Waals surface area contributed by atoms with Crippen LogP contribution in [0.1, 0.15) is 12.5 Å². The van der Waals surface area contributed by atoms with Gasteiger partial charge in [-0.3, -0.25) is 19.3 Å². The number of carbonyl (C=O) groups excluding carboxylic acids is 1. The van der Waals surface area contributed by atoms with Crippen molar-refractivity contribution in [3.63, 3.8) is 0 Å².